The quantitative estimate of drug-likeness (QED) is 0.581. The Morgan fingerprint density at radius 3 is 2.38 bits per heavy atom. The molecule has 1 heterocycles. The summed E-state index contributed by atoms with van der Waals surface area (Å²) >= 11 is 3.25. The minimum atomic E-state index is -3.46. The van der Waals surface area contributed by atoms with Gasteiger partial charge in [-0.1, -0.05) is 12.1 Å². The first kappa shape index (κ1) is 18.4. The molecule has 0 bridgehead atoms. The average Bonchev–Trinajstić information content (AvgIpc) is 2.98. The van der Waals surface area contributed by atoms with E-state index in [9.17, 15) is 13.2 Å². The lowest BCUT2D eigenvalue weighted by Gasteiger charge is -2.11. The molecule has 2 N–H and O–H groups in total. The SMILES string of the molecule is C/C(=N/NC(=O)c1cc(Br)c[nH]1)c1ccc(S(=O)(=O)N(C)C)cc1. The number of carbonyl (C=O) groups excluding carboxylic acids is 1. The van der Waals surface area contributed by atoms with Crippen LogP contribution in [0.5, 0.6) is 0 Å². The van der Waals surface area contributed by atoms with Crippen LogP contribution < -0.4 is 5.43 Å². The van der Waals surface area contributed by atoms with Gasteiger partial charge in [0.05, 0.1) is 10.6 Å². The number of aromatic nitrogens is 1. The summed E-state index contributed by atoms with van der Waals surface area (Å²) in [6, 6.07) is 7.95. The van der Waals surface area contributed by atoms with Gasteiger partial charge in [-0.25, -0.2) is 18.1 Å². The van der Waals surface area contributed by atoms with E-state index in [0.29, 0.717) is 17.0 Å². The fraction of sp³-hybridized carbons (Fsp3) is 0.200. The standard InChI is InChI=1S/C15H17BrN4O3S/c1-10(18-19-15(21)14-8-12(16)9-17-14)11-4-6-13(7-5-11)24(22,23)20(2)3/h4-9,17H,1-3H3,(H,19,21)/b18-10-. The van der Waals surface area contributed by atoms with Crippen molar-refractivity contribution in [3.63, 3.8) is 0 Å². The summed E-state index contributed by atoms with van der Waals surface area (Å²) in [7, 11) is -0.510. The number of halogens is 1. The zero-order valence-corrected chi connectivity index (χ0v) is 15.8. The molecule has 0 saturated heterocycles. The number of benzene rings is 1. The second kappa shape index (κ2) is 7.29. The molecular weight excluding hydrogens is 396 g/mol. The van der Waals surface area contributed by atoms with Gasteiger partial charge < -0.3 is 4.98 Å². The van der Waals surface area contributed by atoms with E-state index in [4.69, 9.17) is 0 Å². The van der Waals surface area contributed by atoms with E-state index in [-0.39, 0.29) is 10.8 Å². The highest BCUT2D eigenvalue weighted by Gasteiger charge is 2.16. The van der Waals surface area contributed by atoms with Crippen molar-refractivity contribution in [2.75, 3.05) is 14.1 Å². The topological polar surface area (TPSA) is 94.6 Å². The smallest absolute Gasteiger partial charge is 0.287 e. The van der Waals surface area contributed by atoms with Gasteiger partial charge in [-0.15, -0.1) is 0 Å². The largest absolute Gasteiger partial charge is 0.356 e. The van der Waals surface area contributed by atoms with Crippen molar-refractivity contribution in [2.45, 2.75) is 11.8 Å². The van der Waals surface area contributed by atoms with E-state index in [1.165, 1.54) is 26.2 Å². The normalized spacial score (nSPS) is 12.5. The van der Waals surface area contributed by atoms with Gasteiger partial charge in [-0.3, -0.25) is 4.79 Å². The molecule has 0 spiro atoms. The molecule has 1 amide bonds. The molecule has 24 heavy (non-hydrogen) atoms. The Labute approximate surface area is 148 Å². The van der Waals surface area contributed by atoms with E-state index < -0.39 is 10.0 Å². The van der Waals surface area contributed by atoms with Crippen LogP contribution in [0.4, 0.5) is 0 Å². The molecule has 7 nitrogen and oxygen atoms in total. The number of carbonyl (C=O) groups is 1. The Kier molecular flexibility index (Phi) is 5.58. The summed E-state index contributed by atoms with van der Waals surface area (Å²) in [5.41, 5.74) is 4.09. The number of hydrazone groups is 1. The fourth-order valence-electron chi connectivity index (χ4n) is 1.84. The summed E-state index contributed by atoms with van der Waals surface area (Å²) in [6.45, 7) is 1.72. The van der Waals surface area contributed by atoms with Crippen LogP contribution in [0.15, 0.2) is 51.0 Å². The van der Waals surface area contributed by atoms with E-state index in [1.807, 2.05) is 0 Å². The minimum Gasteiger partial charge on any atom is -0.356 e. The summed E-state index contributed by atoms with van der Waals surface area (Å²) in [5.74, 6) is -0.369. The molecule has 0 saturated carbocycles. The van der Waals surface area contributed by atoms with Crippen molar-refractivity contribution >= 4 is 37.6 Å². The lowest BCUT2D eigenvalue weighted by molar-refractivity contribution is 0.0950. The van der Waals surface area contributed by atoms with Crippen LogP contribution >= 0.6 is 15.9 Å². The molecule has 9 heteroatoms. The van der Waals surface area contributed by atoms with E-state index >= 15 is 0 Å². The second-order valence-corrected chi connectivity index (χ2v) is 8.25. The van der Waals surface area contributed by atoms with Crippen molar-refractivity contribution in [3.05, 3.63) is 52.3 Å². The van der Waals surface area contributed by atoms with E-state index in [1.54, 1.807) is 31.3 Å². The Morgan fingerprint density at radius 1 is 1.25 bits per heavy atom. The third-order valence-corrected chi connectivity index (χ3v) is 5.56. The van der Waals surface area contributed by atoms with Crippen LogP contribution in [-0.2, 0) is 10.0 Å². The van der Waals surface area contributed by atoms with E-state index in [2.05, 4.69) is 31.4 Å². The van der Waals surface area contributed by atoms with Crippen molar-refractivity contribution in [1.29, 1.82) is 0 Å². The number of hydrogen-bond acceptors (Lipinski definition) is 4. The number of sulfonamides is 1. The van der Waals surface area contributed by atoms with Crippen molar-refractivity contribution in [2.24, 2.45) is 5.10 Å². The molecule has 0 unspecified atom stereocenters. The zero-order valence-electron chi connectivity index (χ0n) is 13.4. The van der Waals surface area contributed by atoms with Gasteiger partial charge in [-0.2, -0.15) is 5.10 Å². The van der Waals surface area contributed by atoms with Gasteiger partial charge in [0.1, 0.15) is 5.69 Å². The van der Waals surface area contributed by atoms with Gasteiger partial charge in [0, 0.05) is 24.8 Å². The highest BCUT2D eigenvalue weighted by atomic mass is 79.9. The van der Waals surface area contributed by atoms with Gasteiger partial charge in [0.2, 0.25) is 10.0 Å². The Balaban J connectivity index is 2.12. The monoisotopic (exact) mass is 412 g/mol. The molecule has 2 aromatic rings. The summed E-state index contributed by atoms with van der Waals surface area (Å²) in [5, 5.41) is 4.03. The molecule has 0 aliphatic carbocycles. The maximum Gasteiger partial charge on any atom is 0.287 e. The predicted molar refractivity (Wildman–Crippen MR) is 95.5 cm³/mol. The highest BCUT2D eigenvalue weighted by molar-refractivity contribution is 9.10. The number of nitrogens with one attached hydrogen (secondary N) is 2. The third-order valence-electron chi connectivity index (χ3n) is 3.27. The molecule has 0 aliphatic heterocycles. The first-order chi connectivity index (χ1) is 11.2. The highest BCUT2D eigenvalue weighted by Crippen LogP contribution is 2.14. The number of amides is 1. The fourth-order valence-corrected chi connectivity index (χ4v) is 3.08. The molecule has 0 aliphatic rings. The van der Waals surface area contributed by atoms with Crippen LogP contribution in [-0.4, -0.2) is 43.4 Å². The van der Waals surface area contributed by atoms with Crippen LogP contribution in [0.2, 0.25) is 0 Å². The second-order valence-electron chi connectivity index (χ2n) is 5.18. The summed E-state index contributed by atoms with van der Waals surface area (Å²) in [6.07, 6.45) is 1.65. The van der Waals surface area contributed by atoms with Crippen LogP contribution in [0, 0.1) is 0 Å². The van der Waals surface area contributed by atoms with Gasteiger partial charge >= 0.3 is 0 Å². The lowest BCUT2D eigenvalue weighted by atomic mass is 10.1. The molecule has 2 rings (SSSR count). The molecule has 0 radical (unpaired) electrons. The number of hydrogen-bond donors (Lipinski definition) is 2. The summed E-state index contributed by atoms with van der Waals surface area (Å²) in [4.78, 5) is 14.9. The van der Waals surface area contributed by atoms with E-state index in [0.717, 1.165) is 8.78 Å². The van der Waals surface area contributed by atoms with Crippen LogP contribution in [0.25, 0.3) is 0 Å². The Hall–Kier alpha value is -1.97. The molecule has 0 atom stereocenters. The zero-order chi connectivity index (χ0) is 17.9. The minimum absolute atomic E-state index is 0.198. The molecule has 0 fully saturated rings. The van der Waals surface area contributed by atoms with Crippen molar-refractivity contribution < 1.29 is 13.2 Å². The average molecular weight is 413 g/mol. The lowest BCUT2D eigenvalue weighted by Crippen LogP contribution is -2.22. The first-order valence-electron chi connectivity index (χ1n) is 6.93. The number of aromatic amines is 1. The molecule has 1 aromatic carbocycles. The molecule has 128 valence electrons. The maximum absolute atomic E-state index is 12.0. The van der Waals surface area contributed by atoms with Crippen LogP contribution in [0.3, 0.4) is 0 Å². The summed E-state index contributed by atoms with van der Waals surface area (Å²) < 4.78 is 26.0. The number of H-pyrrole nitrogens is 1. The number of nitrogens with zero attached hydrogens (tertiary/aromatic N) is 2. The van der Waals surface area contributed by atoms with Gasteiger partial charge in [0.25, 0.3) is 5.91 Å². The van der Waals surface area contributed by atoms with Crippen molar-refractivity contribution in [1.82, 2.24) is 14.7 Å². The van der Waals surface area contributed by atoms with Crippen LogP contribution in [0.1, 0.15) is 23.0 Å². The van der Waals surface area contributed by atoms with Gasteiger partial charge in [0.15, 0.2) is 0 Å². The number of rotatable bonds is 5. The molecule has 1 aromatic heterocycles. The first-order valence-corrected chi connectivity index (χ1v) is 9.16. The Bertz CT molecular complexity index is 870. The predicted octanol–water partition coefficient (Wildman–Crippen LogP) is 2.18. The maximum atomic E-state index is 12.0. The van der Waals surface area contributed by atoms with Crippen molar-refractivity contribution in [3.8, 4) is 0 Å². The van der Waals surface area contributed by atoms with Gasteiger partial charge in [-0.05, 0) is 46.6 Å². The third kappa shape index (κ3) is 4.11. The molecular formula is C15H17BrN4O3S. The Morgan fingerprint density at radius 2 is 1.88 bits per heavy atom.